The van der Waals surface area contributed by atoms with Crippen LogP contribution in [0.2, 0.25) is 0 Å². The van der Waals surface area contributed by atoms with E-state index in [4.69, 9.17) is 0 Å². The molecule has 120 valence electrons. The van der Waals surface area contributed by atoms with Gasteiger partial charge in [0.2, 0.25) is 0 Å². The fourth-order valence-electron chi connectivity index (χ4n) is 3.67. The largest absolute Gasteiger partial charge is 0.368 e. The molecule has 4 rings (SSSR count). The highest BCUT2D eigenvalue weighted by Gasteiger charge is 2.58. The number of rotatable bonds is 1. The van der Waals surface area contributed by atoms with E-state index in [9.17, 15) is 9.90 Å². The van der Waals surface area contributed by atoms with Gasteiger partial charge in [-0.15, -0.1) is 5.10 Å². The van der Waals surface area contributed by atoms with E-state index in [1.165, 1.54) is 11.8 Å². The van der Waals surface area contributed by atoms with Gasteiger partial charge in [-0.3, -0.25) is 4.79 Å². The second kappa shape index (κ2) is 4.68. The van der Waals surface area contributed by atoms with E-state index in [0.29, 0.717) is 23.8 Å². The smallest absolute Gasteiger partial charge is 0.190 e. The van der Waals surface area contributed by atoms with E-state index in [1.54, 1.807) is 4.68 Å². The Bertz CT molecular complexity index is 814. The number of hydrogen-bond acceptors (Lipinski definition) is 5. The maximum atomic E-state index is 12.4. The minimum Gasteiger partial charge on any atom is -0.368 e. The molecule has 0 spiro atoms. The highest BCUT2D eigenvalue weighted by molar-refractivity contribution is 8.00. The number of hydrogen-bond donors (Lipinski definition) is 1. The van der Waals surface area contributed by atoms with Crippen LogP contribution in [0.15, 0.2) is 29.4 Å². The van der Waals surface area contributed by atoms with E-state index < -0.39 is 11.0 Å². The van der Waals surface area contributed by atoms with E-state index in [0.717, 1.165) is 11.1 Å². The second-order valence-corrected chi connectivity index (χ2v) is 8.43. The predicted octanol–water partition coefficient (Wildman–Crippen LogP) is 2.76. The number of nitrogens with zero attached hydrogens (tertiary/aromatic N) is 3. The molecule has 0 amide bonds. The van der Waals surface area contributed by atoms with E-state index in [1.807, 2.05) is 45.0 Å². The average molecular weight is 329 g/mol. The third-order valence-electron chi connectivity index (χ3n) is 4.55. The van der Waals surface area contributed by atoms with Crippen LogP contribution < -0.4 is 0 Å². The van der Waals surface area contributed by atoms with Crippen molar-refractivity contribution in [2.24, 2.45) is 5.41 Å². The summed E-state index contributed by atoms with van der Waals surface area (Å²) >= 11 is 1.34. The van der Waals surface area contributed by atoms with Crippen molar-refractivity contribution < 1.29 is 9.90 Å². The molecule has 1 aromatic carbocycles. The summed E-state index contributed by atoms with van der Waals surface area (Å²) in [6.45, 7) is 6.05. The Labute approximate surface area is 139 Å². The lowest BCUT2D eigenvalue weighted by Crippen LogP contribution is -2.52. The van der Waals surface area contributed by atoms with Crippen LogP contribution in [0.4, 0.5) is 0 Å². The number of Topliss-reactive ketones (excluding diaryl/α,β-unsaturated/α-hetero) is 1. The van der Waals surface area contributed by atoms with Gasteiger partial charge in [0.1, 0.15) is 5.25 Å². The molecule has 1 aromatic heterocycles. The van der Waals surface area contributed by atoms with Gasteiger partial charge in [-0.1, -0.05) is 49.4 Å². The van der Waals surface area contributed by atoms with Crippen molar-refractivity contribution in [1.29, 1.82) is 0 Å². The van der Waals surface area contributed by atoms with Crippen molar-refractivity contribution in [3.8, 4) is 11.4 Å². The third-order valence-corrected chi connectivity index (χ3v) is 5.90. The minimum atomic E-state index is -1.27. The molecule has 5 nitrogen and oxygen atoms in total. The number of aryl methyl sites for hydroxylation is 1. The van der Waals surface area contributed by atoms with E-state index in [-0.39, 0.29) is 11.2 Å². The summed E-state index contributed by atoms with van der Waals surface area (Å²) in [4.78, 5) is 17.0. The van der Waals surface area contributed by atoms with Gasteiger partial charge in [0.15, 0.2) is 22.5 Å². The Hall–Kier alpha value is -1.66. The summed E-state index contributed by atoms with van der Waals surface area (Å²) < 4.78 is 1.57. The van der Waals surface area contributed by atoms with Gasteiger partial charge in [-0.25, -0.2) is 9.67 Å². The minimum absolute atomic E-state index is 0.0816. The monoisotopic (exact) mass is 329 g/mol. The molecule has 1 aliphatic heterocycles. The van der Waals surface area contributed by atoms with Gasteiger partial charge in [0, 0.05) is 18.4 Å². The Balaban J connectivity index is 1.78. The van der Waals surface area contributed by atoms with Crippen molar-refractivity contribution in [3.05, 3.63) is 29.8 Å². The lowest BCUT2D eigenvalue weighted by Gasteiger charge is -2.41. The fraction of sp³-hybridized carbons (Fsp3) is 0.471. The summed E-state index contributed by atoms with van der Waals surface area (Å²) in [7, 11) is 0. The van der Waals surface area contributed by atoms with Crippen LogP contribution in [0.3, 0.4) is 0 Å². The van der Waals surface area contributed by atoms with Crippen LogP contribution in [0.1, 0.15) is 32.3 Å². The standard InChI is InChI=1S/C17H19N3O2S/c1-10-5-4-6-11(7-10)14-18-15-20(19-14)17(22)9-16(2,3)8-12(21)13(17)23-15/h4-7,13,22H,8-9H2,1-3H3/t13-,17+/m0/s1. The van der Waals surface area contributed by atoms with Crippen molar-refractivity contribution in [1.82, 2.24) is 14.8 Å². The van der Waals surface area contributed by atoms with E-state index >= 15 is 0 Å². The first kappa shape index (κ1) is 14.9. The van der Waals surface area contributed by atoms with Gasteiger partial charge in [0.25, 0.3) is 0 Å². The third kappa shape index (κ3) is 2.23. The number of aromatic nitrogens is 3. The molecule has 1 saturated carbocycles. The molecule has 2 atom stereocenters. The zero-order valence-corrected chi connectivity index (χ0v) is 14.2. The molecule has 0 bridgehead atoms. The summed E-state index contributed by atoms with van der Waals surface area (Å²) in [6, 6.07) is 7.97. The molecule has 2 aromatic rings. The molecular weight excluding hydrogens is 310 g/mol. The Morgan fingerprint density at radius 2 is 2.17 bits per heavy atom. The number of fused-ring (bicyclic) bond motifs is 3. The SMILES string of the molecule is Cc1cccc(-c2nc3n(n2)[C@@]2(O)CC(C)(C)CC(=O)[C@@H]2S3)c1. The summed E-state index contributed by atoms with van der Waals surface area (Å²) in [5, 5.41) is 15.9. The van der Waals surface area contributed by atoms with Crippen LogP contribution in [0.25, 0.3) is 11.4 Å². The first-order valence-electron chi connectivity index (χ1n) is 7.75. The molecule has 0 unspecified atom stereocenters. The van der Waals surface area contributed by atoms with Crippen LogP contribution in [0, 0.1) is 12.3 Å². The molecule has 6 heteroatoms. The zero-order chi connectivity index (χ0) is 16.4. The normalized spacial score (nSPS) is 28.5. The van der Waals surface area contributed by atoms with Gasteiger partial charge < -0.3 is 5.11 Å². The van der Waals surface area contributed by atoms with Crippen LogP contribution in [-0.2, 0) is 10.5 Å². The molecule has 1 fully saturated rings. The first-order chi connectivity index (χ1) is 10.8. The van der Waals surface area contributed by atoms with Gasteiger partial charge in [0.05, 0.1) is 0 Å². The van der Waals surface area contributed by atoms with Crippen molar-refractivity contribution in [2.75, 3.05) is 0 Å². The highest BCUT2D eigenvalue weighted by atomic mass is 32.2. The molecule has 1 N–H and O–H groups in total. The van der Waals surface area contributed by atoms with Crippen molar-refractivity contribution in [3.63, 3.8) is 0 Å². The second-order valence-electron chi connectivity index (χ2n) is 7.36. The van der Waals surface area contributed by atoms with Gasteiger partial charge in [-0.2, -0.15) is 0 Å². The maximum Gasteiger partial charge on any atom is 0.190 e. The number of carbonyl (C=O) groups is 1. The van der Waals surface area contributed by atoms with Gasteiger partial charge in [-0.05, 0) is 18.4 Å². The lowest BCUT2D eigenvalue weighted by molar-refractivity contribution is -0.146. The van der Waals surface area contributed by atoms with Crippen LogP contribution in [-0.4, -0.2) is 30.9 Å². The number of benzene rings is 1. The fourth-order valence-corrected chi connectivity index (χ4v) is 4.90. The van der Waals surface area contributed by atoms with Crippen LogP contribution >= 0.6 is 11.8 Å². The molecule has 0 radical (unpaired) electrons. The topological polar surface area (TPSA) is 68.0 Å². The molecular formula is C17H19N3O2S. The van der Waals surface area contributed by atoms with Crippen molar-refractivity contribution in [2.45, 2.75) is 49.7 Å². The zero-order valence-electron chi connectivity index (χ0n) is 13.4. The molecule has 0 saturated heterocycles. The quantitative estimate of drug-likeness (QED) is 0.871. The number of aliphatic hydroxyl groups is 1. The number of carbonyl (C=O) groups excluding carboxylic acids is 1. The molecule has 1 aliphatic carbocycles. The van der Waals surface area contributed by atoms with Crippen LogP contribution in [0.5, 0.6) is 0 Å². The highest BCUT2D eigenvalue weighted by Crippen LogP contribution is 2.52. The van der Waals surface area contributed by atoms with Gasteiger partial charge >= 0.3 is 0 Å². The Morgan fingerprint density at radius 1 is 1.39 bits per heavy atom. The first-order valence-corrected chi connectivity index (χ1v) is 8.63. The summed E-state index contributed by atoms with van der Waals surface area (Å²) in [5.41, 5.74) is 0.554. The summed E-state index contributed by atoms with van der Waals surface area (Å²) in [5.74, 6) is 0.678. The van der Waals surface area contributed by atoms with Crippen molar-refractivity contribution >= 4 is 17.5 Å². The average Bonchev–Trinajstić information content (AvgIpc) is 2.96. The van der Waals surface area contributed by atoms with E-state index in [2.05, 4.69) is 10.1 Å². The maximum absolute atomic E-state index is 12.4. The number of ketones is 1. The number of thioether (sulfide) groups is 1. The summed E-state index contributed by atoms with van der Waals surface area (Å²) in [6.07, 6.45) is 0.996. The molecule has 2 aliphatic rings. The Morgan fingerprint density at radius 3 is 2.91 bits per heavy atom. The molecule has 23 heavy (non-hydrogen) atoms. The predicted molar refractivity (Wildman–Crippen MR) is 88.1 cm³/mol. The lowest BCUT2D eigenvalue weighted by atomic mass is 9.72. The Kier molecular flexibility index (Phi) is 3.03. The molecule has 2 heterocycles.